The van der Waals surface area contributed by atoms with Crippen LogP contribution in [-0.4, -0.2) is 55.7 Å². The Morgan fingerprint density at radius 2 is 1.90 bits per heavy atom. The molecule has 0 amide bonds. The number of fused-ring (bicyclic) bond motifs is 3. The van der Waals surface area contributed by atoms with Gasteiger partial charge in [-0.1, -0.05) is 0 Å². The zero-order valence-electron chi connectivity index (χ0n) is 14.7. The Hall–Kier alpha value is -2.47. The molecule has 0 spiro atoms. The highest BCUT2D eigenvalue weighted by atomic mass is 31.2. The largest absolute Gasteiger partial charge is 0.418 e. The zero-order valence-corrected chi connectivity index (χ0v) is 15.6. The van der Waals surface area contributed by atoms with Gasteiger partial charge < -0.3 is 24.4 Å². The Balaban J connectivity index is 2.04. The van der Waals surface area contributed by atoms with E-state index in [1.165, 1.54) is 11.0 Å². The molecule has 29 heavy (non-hydrogen) atoms. The monoisotopic (exact) mass is 433 g/mol. The van der Waals surface area contributed by atoms with Crippen LogP contribution in [0.3, 0.4) is 0 Å². The van der Waals surface area contributed by atoms with E-state index in [-0.39, 0.29) is 54.5 Å². The van der Waals surface area contributed by atoms with Crippen LogP contribution in [0, 0.1) is 0 Å². The molecule has 0 aliphatic carbocycles. The van der Waals surface area contributed by atoms with E-state index in [2.05, 4.69) is 15.2 Å². The number of hydrogen-bond acceptors (Lipinski definition) is 6. The molecule has 3 heterocycles. The number of anilines is 1. The maximum atomic E-state index is 13.7. The second-order valence-corrected chi connectivity index (χ2v) is 8.18. The van der Waals surface area contributed by atoms with Crippen LogP contribution in [-0.2, 0) is 21.6 Å². The molecule has 3 aromatic rings. The molecule has 1 aromatic carbocycles. The number of rotatable bonds is 3. The van der Waals surface area contributed by atoms with Gasteiger partial charge in [0.2, 0.25) is 5.65 Å². The smallest absolute Gasteiger partial charge is 0.378 e. The summed E-state index contributed by atoms with van der Waals surface area (Å²) in [6.07, 6.45) is -5.50. The predicted molar refractivity (Wildman–Crippen MR) is 94.9 cm³/mol. The third kappa shape index (κ3) is 3.73. The Bertz CT molecular complexity index is 1190. The fourth-order valence-corrected chi connectivity index (χ4v) is 3.91. The number of H-pyrrole nitrogens is 1. The number of nitrogens with zero attached hydrogens (tertiary/aromatic N) is 4. The molecule has 10 nitrogen and oxygen atoms in total. The van der Waals surface area contributed by atoms with Crippen molar-refractivity contribution in [1.29, 1.82) is 0 Å². The highest BCUT2D eigenvalue weighted by Crippen LogP contribution is 2.41. The van der Waals surface area contributed by atoms with Crippen molar-refractivity contribution in [2.45, 2.75) is 12.3 Å². The Labute approximate surface area is 160 Å². The van der Waals surface area contributed by atoms with Gasteiger partial charge in [-0.05, 0) is 12.1 Å². The van der Waals surface area contributed by atoms with Crippen molar-refractivity contribution in [3.8, 4) is 0 Å². The Morgan fingerprint density at radius 3 is 2.52 bits per heavy atom. The lowest BCUT2D eigenvalue weighted by Gasteiger charge is -2.31. The first-order valence-corrected chi connectivity index (χ1v) is 10.2. The summed E-state index contributed by atoms with van der Waals surface area (Å²) in [5, 5.41) is 7.29. The van der Waals surface area contributed by atoms with Crippen LogP contribution in [0.1, 0.15) is 11.4 Å². The minimum Gasteiger partial charge on any atom is -0.378 e. The summed E-state index contributed by atoms with van der Waals surface area (Å²) < 4.78 is 58.8. The average molecular weight is 433 g/mol. The molecule has 1 saturated heterocycles. The van der Waals surface area contributed by atoms with Gasteiger partial charge in [0.25, 0.3) is 5.56 Å². The lowest BCUT2D eigenvalue weighted by Crippen LogP contribution is -2.37. The summed E-state index contributed by atoms with van der Waals surface area (Å²) in [6.45, 7) is 0.982. The van der Waals surface area contributed by atoms with Crippen molar-refractivity contribution in [3.05, 3.63) is 33.9 Å². The lowest BCUT2D eigenvalue weighted by atomic mass is 10.1. The van der Waals surface area contributed by atoms with E-state index in [1.807, 2.05) is 0 Å². The molecule has 0 unspecified atom stereocenters. The van der Waals surface area contributed by atoms with Gasteiger partial charge in [0.15, 0.2) is 0 Å². The van der Waals surface area contributed by atoms with E-state index in [9.17, 15) is 32.3 Å². The quantitative estimate of drug-likeness (QED) is 0.523. The molecule has 1 aliphatic rings. The second-order valence-electron chi connectivity index (χ2n) is 6.54. The van der Waals surface area contributed by atoms with Gasteiger partial charge in [0.1, 0.15) is 12.0 Å². The molecule has 14 heteroatoms. The van der Waals surface area contributed by atoms with Gasteiger partial charge in [0, 0.05) is 13.1 Å². The van der Waals surface area contributed by atoms with Crippen molar-refractivity contribution in [2.24, 2.45) is 0 Å². The van der Waals surface area contributed by atoms with Crippen molar-refractivity contribution in [2.75, 3.05) is 31.2 Å². The van der Waals surface area contributed by atoms with E-state index < -0.39 is 31.1 Å². The summed E-state index contributed by atoms with van der Waals surface area (Å²) >= 11 is 0. The molecule has 4 rings (SSSR count). The van der Waals surface area contributed by atoms with Gasteiger partial charge >= 0.3 is 13.8 Å². The van der Waals surface area contributed by atoms with Crippen molar-refractivity contribution in [3.63, 3.8) is 0 Å². The zero-order chi connectivity index (χ0) is 21.0. The Kier molecular flexibility index (Phi) is 4.65. The highest BCUT2D eigenvalue weighted by molar-refractivity contribution is 7.50. The van der Waals surface area contributed by atoms with Gasteiger partial charge in [-0.2, -0.15) is 13.2 Å². The normalized spacial score (nSPS) is 16.1. The standard InChI is InChI=1S/C15H15F3N5O5P/c16-15(17,18)8-5-9-11(6-10(8)22-1-3-28-4-2-22)23-12(7-29(25,26)27)20-21-13(23)14(24)19-9/h5-6H,1-4,7H2,(H,19,24)(H2,25,26,27). The van der Waals surface area contributed by atoms with Crippen LogP contribution in [0.4, 0.5) is 18.9 Å². The SMILES string of the molecule is O=c1[nH]c2cc(C(F)(F)F)c(N3CCOCC3)cc2n2c(CP(=O)(O)O)nnc12. The number of hydrogen-bond donors (Lipinski definition) is 3. The fourth-order valence-electron chi connectivity index (χ4n) is 3.34. The molecule has 2 aromatic heterocycles. The summed E-state index contributed by atoms with van der Waals surface area (Å²) in [5.41, 5.74) is -2.21. The third-order valence-corrected chi connectivity index (χ3v) is 5.24. The van der Waals surface area contributed by atoms with Crippen LogP contribution in [0.25, 0.3) is 16.7 Å². The number of aromatic nitrogens is 4. The van der Waals surface area contributed by atoms with E-state index in [1.54, 1.807) is 0 Å². The molecular weight excluding hydrogens is 418 g/mol. The first-order valence-electron chi connectivity index (χ1n) is 8.43. The van der Waals surface area contributed by atoms with Crippen LogP contribution in [0.5, 0.6) is 0 Å². The first-order chi connectivity index (χ1) is 13.5. The number of alkyl halides is 3. The van der Waals surface area contributed by atoms with Gasteiger partial charge in [0.05, 0.1) is 35.5 Å². The van der Waals surface area contributed by atoms with Crippen LogP contribution >= 0.6 is 7.60 Å². The fraction of sp³-hybridized carbons (Fsp3) is 0.400. The van der Waals surface area contributed by atoms with Gasteiger partial charge in [-0.3, -0.25) is 13.8 Å². The van der Waals surface area contributed by atoms with Crippen LogP contribution in [0.15, 0.2) is 16.9 Å². The van der Waals surface area contributed by atoms with Crippen LogP contribution < -0.4 is 10.5 Å². The third-order valence-electron chi connectivity index (χ3n) is 4.54. The first kappa shape index (κ1) is 19.8. The maximum absolute atomic E-state index is 13.7. The summed E-state index contributed by atoms with van der Waals surface area (Å²) in [5.74, 6) is -0.225. The van der Waals surface area contributed by atoms with E-state index >= 15 is 0 Å². The number of benzene rings is 1. The molecule has 3 N–H and O–H groups in total. The Morgan fingerprint density at radius 1 is 1.21 bits per heavy atom. The topological polar surface area (TPSA) is 133 Å². The summed E-state index contributed by atoms with van der Waals surface area (Å²) in [7, 11) is -4.57. The molecular formula is C15H15F3N5O5P. The summed E-state index contributed by atoms with van der Waals surface area (Å²) in [6, 6.07) is 2.03. The molecule has 0 bridgehead atoms. The second kappa shape index (κ2) is 6.80. The molecule has 0 saturated carbocycles. The predicted octanol–water partition coefficient (Wildman–Crippen LogP) is 1.10. The maximum Gasteiger partial charge on any atom is 0.418 e. The van der Waals surface area contributed by atoms with E-state index in [4.69, 9.17) is 4.74 Å². The number of halogens is 3. The molecule has 0 radical (unpaired) electrons. The van der Waals surface area contributed by atoms with Crippen molar-refractivity contribution < 1.29 is 32.3 Å². The molecule has 1 fully saturated rings. The average Bonchev–Trinajstić information content (AvgIpc) is 3.04. The molecule has 0 atom stereocenters. The van der Waals surface area contributed by atoms with Gasteiger partial charge in [-0.25, -0.2) is 0 Å². The van der Waals surface area contributed by atoms with Crippen LogP contribution in [0.2, 0.25) is 0 Å². The number of nitrogens with one attached hydrogen (secondary N) is 1. The molecule has 1 aliphatic heterocycles. The number of ether oxygens (including phenoxy) is 1. The lowest BCUT2D eigenvalue weighted by molar-refractivity contribution is -0.137. The van der Waals surface area contributed by atoms with E-state index in [0.29, 0.717) is 0 Å². The van der Waals surface area contributed by atoms with Gasteiger partial charge in [-0.15, -0.1) is 10.2 Å². The van der Waals surface area contributed by atoms with Crippen molar-refractivity contribution >= 4 is 30.0 Å². The molecule has 156 valence electrons. The highest BCUT2D eigenvalue weighted by Gasteiger charge is 2.36. The summed E-state index contributed by atoms with van der Waals surface area (Å²) in [4.78, 5) is 34.6. The number of aromatic amines is 1. The minimum atomic E-state index is -4.68. The number of morpholine rings is 1. The van der Waals surface area contributed by atoms with Crippen molar-refractivity contribution in [1.82, 2.24) is 19.6 Å². The minimum absolute atomic E-state index is 0.0996. The van der Waals surface area contributed by atoms with E-state index in [0.717, 1.165) is 10.5 Å².